The van der Waals surface area contributed by atoms with Gasteiger partial charge in [-0.3, -0.25) is 0 Å². The fourth-order valence-electron chi connectivity index (χ4n) is 5.63. The van der Waals surface area contributed by atoms with E-state index in [0.29, 0.717) is 0 Å². The Balaban J connectivity index is 2.02. The Morgan fingerprint density at radius 3 is 2.35 bits per heavy atom. The van der Waals surface area contributed by atoms with Gasteiger partial charge in [0.1, 0.15) is 16.7 Å². The molecular formula is C27H22N3O+. The van der Waals surface area contributed by atoms with Gasteiger partial charge in [0.25, 0.3) is 6.33 Å². The maximum atomic E-state index is 6.40. The summed E-state index contributed by atoms with van der Waals surface area (Å²) in [6, 6.07) is 17.5. The topological polar surface area (TPSA) is 34.3 Å². The number of benzene rings is 3. The van der Waals surface area contributed by atoms with Crippen LogP contribution in [0.5, 0.6) is 0 Å². The molecule has 0 amide bonds. The highest BCUT2D eigenvalue weighted by Crippen LogP contribution is 2.46. The van der Waals surface area contributed by atoms with Crippen LogP contribution in [0.3, 0.4) is 0 Å². The van der Waals surface area contributed by atoms with Gasteiger partial charge in [-0.25, -0.2) is 4.57 Å². The van der Waals surface area contributed by atoms with Crippen molar-refractivity contribution in [1.29, 1.82) is 0 Å². The summed E-state index contributed by atoms with van der Waals surface area (Å²) in [5, 5.41) is 7.60. The number of hydrogen-bond acceptors (Lipinski definition) is 2. The molecule has 0 spiro atoms. The van der Waals surface area contributed by atoms with Crippen LogP contribution in [-0.4, -0.2) is 9.38 Å². The average Bonchev–Trinajstić information content (AvgIpc) is 3.32. The Morgan fingerprint density at radius 2 is 1.58 bits per heavy atom. The van der Waals surface area contributed by atoms with Crippen LogP contribution in [-0.2, 0) is 7.05 Å². The Morgan fingerprint density at radius 1 is 0.871 bits per heavy atom. The third kappa shape index (κ3) is 1.87. The van der Waals surface area contributed by atoms with E-state index in [4.69, 9.17) is 4.42 Å². The number of nitrogens with zero attached hydrogens (tertiary/aromatic N) is 3. The maximum absolute atomic E-state index is 6.40. The van der Waals surface area contributed by atoms with Gasteiger partial charge >= 0.3 is 5.71 Å². The van der Waals surface area contributed by atoms with Gasteiger partial charge < -0.3 is 8.82 Å². The van der Waals surface area contributed by atoms with Crippen molar-refractivity contribution in [1.82, 2.24) is 9.38 Å². The summed E-state index contributed by atoms with van der Waals surface area (Å²) < 4.78 is 11.0. The van der Waals surface area contributed by atoms with E-state index in [2.05, 4.69) is 90.3 Å². The summed E-state index contributed by atoms with van der Waals surface area (Å²) in [4.78, 5) is 4.66. The molecule has 0 aliphatic heterocycles. The number of hydrogen-bond donors (Lipinski definition) is 0. The van der Waals surface area contributed by atoms with Crippen molar-refractivity contribution in [3.63, 3.8) is 0 Å². The smallest absolute Gasteiger partial charge is 0.347 e. The van der Waals surface area contributed by atoms with Gasteiger partial charge in [-0.05, 0) is 34.3 Å². The second-order valence-electron chi connectivity index (χ2n) is 8.98. The van der Waals surface area contributed by atoms with E-state index in [9.17, 15) is 0 Å². The van der Waals surface area contributed by atoms with Crippen LogP contribution in [0.4, 0.5) is 0 Å². The molecule has 0 saturated carbocycles. The molecule has 0 aliphatic rings. The van der Waals surface area contributed by atoms with Gasteiger partial charge in [-0.2, -0.15) is 0 Å². The predicted octanol–water partition coefficient (Wildman–Crippen LogP) is 6.39. The molecule has 0 aliphatic carbocycles. The molecule has 0 radical (unpaired) electrons. The molecule has 4 aromatic heterocycles. The van der Waals surface area contributed by atoms with Crippen molar-refractivity contribution in [2.75, 3.05) is 0 Å². The Hall–Kier alpha value is -3.66. The Labute approximate surface area is 178 Å². The molecule has 0 atom stereocenters. The second kappa shape index (κ2) is 5.52. The van der Waals surface area contributed by atoms with Crippen molar-refractivity contribution in [2.45, 2.75) is 26.7 Å². The normalized spacial score (nSPS) is 12.8. The standard InChI is InChI=1S/C27H22N3O/c1-14(2)26-25-22-23(29(4)13-28-27(22)31-26)20-15(3)16-9-5-6-10-17(16)21-18-11-7-8-12-19(18)30(25)24(20)21/h5-14H,1-4H3/q+1. The first-order valence-corrected chi connectivity index (χ1v) is 10.8. The van der Waals surface area contributed by atoms with Crippen LogP contribution in [0.2, 0.25) is 0 Å². The van der Waals surface area contributed by atoms with Gasteiger partial charge in [0.05, 0.1) is 23.5 Å². The van der Waals surface area contributed by atoms with Crippen molar-refractivity contribution >= 4 is 60.1 Å². The molecule has 7 rings (SSSR count). The monoisotopic (exact) mass is 404 g/mol. The highest BCUT2D eigenvalue weighted by molar-refractivity contribution is 6.32. The van der Waals surface area contributed by atoms with Gasteiger partial charge in [0.2, 0.25) is 0 Å². The minimum atomic E-state index is 0.252. The molecule has 4 heterocycles. The first-order valence-electron chi connectivity index (χ1n) is 10.8. The number of aryl methyl sites for hydroxylation is 2. The SMILES string of the molecule is Cc1c2ccccc2c2c3ccccc3n3c4c(C(C)C)oc5nc[n+](C)c(c1c23)c54. The lowest BCUT2D eigenvalue weighted by Gasteiger charge is -2.13. The third-order valence-corrected chi connectivity index (χ3v) is 6.90. The third-order valence-electron chi connectivity index (χ3n) is 6.90. The van der Waals surface area contributed by atoms with Gasteiger partial charge in [-0.15, -0.1) is 0 Å². The predicted molar refractivity (Wildman–Crippen MR) is 126 cm³/mol. The summed E-state index contributed by atoms with van der Waals surface area (Å²) in [6.07, 6.45) is 1.88. The highest BCUT2D eigenvalue weighted by atomic mass is 16.3. The van der Waals surface area contributed by atoms with Crippen molar-refractivity contribution in [3.05, 3.63) is 66.2 Å². The van der Waals surface area contributed by atoms with Crippen LogP contribution in [0.1, 0.15) is 31.1 Å². The van der Waals surface area contributed by atoms with E-state index >= 15 is 0 Å². The van der Waals surface area contributed by atoms with E-state index in [1.54, 1.807) is 0 Å². The van der Waals surface area contributed by atoms with E-state index in [-0.39, 0.29) is 5.92 Å². The van der Waals surface area contributed by atoms with Crippen molar-refractivity contribution in [2.24, 2.45) is 7.05 Å². The summed E-state index contributed by atoms with van der Waals surface area (Å²) in [7, 11) is 2.09. The summed E-state index contributed by atoms with van der Waals surface area (Å²) in [5.41, 5.74) is 6.85. The second-order valence-corrected chi connectivity index (χ2v) is 8.98. The molecule has 150 valence electrons. The quantitative estimate of drug-likeness (QED) is 0.181. The molecule has 3 aromatic carbocycles. The van der Waals surface area contributed by atoms with Crippen LogP contribution >= 0.6 is 0 Å². The molecule has 0 unspecified atom stereocenters. The van der Waals surface area contributed by atoms with E-state index in [1.807, 2.05) is 6.33 Å². The average molecular weight is 404 g/mol. The summed E-state index contributed by atoms with van der Waals surface area (Å²) >= 11 is 0. The Kier molecular flexibility index (Phi) is 3.04. The van der Waals surface area contributed by atoms with Crippen LogP contribution < -0.4 is 4.57 Å². The molecular weight excluding hydrogens is 382 g/mol. The number of furan rings is 1. The summed E-state index contributed by atoms with van der Waals surface area (Å²) in [6.45, 7) is 6.63. The lowest BCUT2D eigenvalue weighted by Crippen LogP contribution is -2.29. The van der Waals surface area contributed by atoms with Gasteiger partial charge in [0.15, 0.2) is 5.52 Å². The minimum absolute atomic E-state index is 0.252. The highest BCUT2D eigenvalue weighted by Gasteiger charge is 2.30. The van der Waals surface area contributed by atoms with E-state index in [1.165, 1.54) is 49.0 Å². The fourth-order valence-corrected chi connectivity index (χ4v) is 5.63. The number of fused-ring (bicyclic) bond motifs is 7. The zero-order chi connectivity index (χ0) is 21.0. The lowest BCUT2D eigenvalue weighted by atomic mass is 9.94. The number of aromatic nitrogens is 3. The molecule has 0 N–H and O–H groups in total. The van der Waals surface area contributed by atoms with Gasteiger partial charge in [0, 0.05) is 16.7 Å². The molecule has 0 bridgehead atoms. The van der Waals surface area contributed by atoms with E-state index in [0.717, 1.165) is 22.4 Å². The maximum Gasteiger partial charge on any atom is 0.347 e. The zero-order valence-electron chi connectivity index (χ0n) is 18.0. The van der Waals surface area contributed by atoms with Crippen molar-refractivity contribution < 1.29 is 8.98 Å². The van der Waals surface area contributed by atoms with Crippen LogP contribution in [0.25, 0.3) is 60.1 Å². The Bertz CT molecular complexity index is 1830. The lowest BCUT2D eigenvalue weighted by molar-refractivity contribution is -0.647. The first-order chi connectivity index (χ1) is 15.1. The molecule has 4 nitrogen and oxygen atoms in total. The molecule has 4 heteroatoms. The molecule has 7 aromatic rings. The van der Waals surface area contributed by atoms with Crippen LogP contribution in [0.15, 0.2) is 59.3 Å². The molecule has 0 fully saturated rings. The molecule has 0 saturated heterocycles. The van der Waals surface area contributed by atoms with Crippen LogP contribution in [0, 0.1) is 6.92 Å². The number of para-hydroxylation sites is 1. The first kappa shape index (κ1) is 17.1. The largest absolute Gasteiger partial charge is 0.422 e. The number of pyridine rings is 1. The zero-order valence-corrected chi connectivity index (χ0v) is 18.0. The number of rotatable bonds is 1. The fraction of sp³-hybridized carbons (Fsp3) is 0.185. The summed E-state index contributed by atoms with van der Waals surface area (Å²) in [5.74, 6) is 1.25. The van der Waals surface area contributed by atoms with Gasteiger partial charge in [-0.1, -0.05) is 56.3 Å². The molecule has 31 heavy (non-hydrogen) atoms. The minimum Gasteiger partial charge on any atom is -0.422 e. The van der Waals surface area contributed by atoms with E-state index < -0.39 is 0 Å². The van der Waals surface area contributed by atoms with Crippen molar-refractivity contribution in [3.8, 4) is 0 Å².